The molecule has 178 valence electrons. The lowest BCUT2D eigenvalue weighted by Gasteiger charge is -2.49. The van der Waals surface area contributed by atoms with Gasteiger partial charge < -0.3 is 25.6 Å². The molecule has 2 aliphatic rings. The summed E-state index contributed by atoms with van der Waals surface area (Å²) in [7, 11) is 0. The second kappa shape index (κ2) is 9.52. The molecular formula is C21H24ClN3O7S. The van der Waals surface area contributed by atoms with Gasteiger partial charge in [0, 0.05) is 11.6 Å². The molecule has 1 saturated heterocycles. The third-order valence-electron chi connectivity index (χ3n) is 4.84. The van der Waals surface area contributed by atoms with Gasteiger partial charge in [-0.2, -0.15) is 0 Å². The third-order valence-corrected chi connectivity index (χ3v) is 6.50. The van der Waals surface area contributed by atoms with Crippen molar-refractivity contribution in [2.75, 3.05) is 11.6 Å². The number of hydrogen-bond donors (Lipinski definition) is 4. The summed E-state index contributed by atoms with van der Waals surface area (Å²) in [6.45, 7) is 5.00. The predicted molar refractivity (Wildman–Crippen MR) is 121 cm³/mol. The molecule has 1 fully saturated rings. The molecule has 1 aromatic rings. The van der Waals surface area contributed by atoms with Gasteiger partial charge in [-0.25, -0.2) is 9.59 Å². The first-order valence-electron chi connectivity index (χ1n) is 9.97. The minimum Gasteiger partial charge on any atom is -0.508 e. The zero-order valence-electron chi connectivity index (χ0n) is 18.1. The summed E-state index contributed by atoms with van der Waals surface area (Å²) in [6, 6.07) is 3.50. The van der Waals surface area contributed by atoms with Crippen molar-refractivity contribution in [2.45, 2.75) is 43.8 Å². The number of rotatable bonds is 6. The average molecular weight is 498 g/mol. The molecule has 0 spiro atoms. The van der Waals surface area contributed by atoms with Crippen LogP contribution in [-0.4, -0.2) is 67.6 Å². The molecule has 33 heavy (non-hydrogen) atoms. The summed E-state index contributed by atoms with van der Waals surface area (Å²) in [6.07, 6.45) is -0.859. The van der Waals surface area contributed by atoms with Crippen molar-refractivity contribution in [2.24, 2.45) is 0 Å². The van der Waals surface area contributed by atoms with E-state index in [-0.39, 0.29) is 22.9 Å². The Morgan fingerprint density at radius 1 is 1.33 bits per heavy atom. The van der Waals surface area contributed by atoms with E-state index < -0.39 is 46.9 Å². The number of carbonyl (C=O) groups is 4. The van der Waals surface area contributed by atoms with Crippen LogP contribution in [0.15, 0.2) is 35.5 Å². The Kier molecular flexibility index (Phi) is 7.13. The molecule has 0 bridgehead atoms. The van der Waals surface area contributed by atoms with Crippen LogP contribution in [0.2, 0.25) is 0 Å². The van der Waals surface area contributed by atoms with Crippen molar-refractivity contribution in [1.29, 1.82) is 0 Å². The van der Waals surface area contributed by atoms with Crippen LogP contribution in [0.5, 0.6) is 5.75 Å². The standard InChI is InChI=1S/C21H24ClN3O7S/c1-21(2,3)32-20(31)24-13(10-5-4-6-12(26)7-10)16(27)23-14-17(28)25-15(19(29)30)11(8-22)9-33-18(14)25/h4-7,13-14,18,26H,8-9H2,1-3H3,(H,23,27)(H,24,31)(H,29,30)/t13?,14-,18+/m1/s1. The molecule has 0 aromatic heterocycles. The fourth-order valence-corrected chi connectivity index (χ4v) is 5.13. The van der Waals surface area contributed by atoms with Crippen molar-refractivity contribution in [1.82, 2.24) is 15.5 Å². The number of amides is 3. The summed E-state index contributed by atoms with van der Waals surface area (Å²) >= 11 is 7.11. The average Bonchev–Trinajstić information content (AvgIpc) is 2.73. The molecule has 1 unspecified atom stereocenters. The Labute approximate surface area is 199 Å². The van der Waals surface area contributed by atoms with Gasteiger partial charge in [0.25, 0.3) is 5.91 Å². The number of phenolic OH excluding ortho intramolecular Hbond substituents is 1. The summed E-state index contributed by atoms with van der Waals surface area (Å²) in [5.74, 6) is -2.41. The number of halogens is 1. The lowest BCUT2D eigenvalue weighted by molar-refractivity contribution is -0.151. The molecule has 2 heterocycles. The van der Waals surface area contributed by atoms with Gasteiger partial charge in [-0.05, 0) is 44.0 Å². The lowest BCUT2D eigenvalue weighted by atomic mass is 10.0. The predicted octanol–water partition coefficient (Wildman–Crippen LogP) is 1.94. The number of thioether (sulfide) groups is 1. The van der Waals surface area contributed by atoms with Gasteiger partial charge in [0.2, 0.25) is 5.91 Å². The van der Waals surface area contributed by atoms with E-state index >= 15 is 0 Å². The normalized spacial score (nSPS) is 21.0. The number of carboxylic acid groups (broad SMARTS) is 1. The number of aliphatic carboxylic acids is 1. The number of aromatic hydroxyl groups is 1. The second-order valence-electron chi connectivity index (χ2n) is 8.46. The zero-order valence-corrected chi connectivity index (χ0v) is 19.7. The molecular weight excluding hydrogens is 474 g/mol. The maximum absolute atomic E-state index is 13.1. The van der Waals surface area contributed by atoms with E-state index in [4.69, 9.17) is 16.3 Å². The van der Waals surface area contributed by atoms with Gasteiger partial charge in [0.15, 0.2) is 0 Å². The van der Waals surface area contributed by atoms with E-state index in [1.54, 1.807) is 20.8 Å². The zero-order chi connectivity index (χ0) is 24.5. The number of benzene rings is 1. The molecule has 3 rings (SSSR count). The van der Waals surface area contributed by atoms with E-state index in [1.165, 1.54) is 36.0 Å². The minimum absolute atomic E-state index is 0.0262. The van der Waals surface area contributed by atoms with Crippen LogP contribution in [-0.2, 0) is 19.1 Å². The summed E-state index contributed by atoms with van der Waals surface area (Å²) in [5.41, 5.74) is -0.283. The Hall–Kier alpha value is -2.92. The van der Waals surface area contributed by atoms with Gasteiger partial charge >= 0.3 is 12.1 Å². The van der Waals surface area contributed by atoms with Gasteiger partial charge in [0.05, 0.1) is 0 Å². The van der Waals surface area contributed by atoms with Gasteiger partial charge in [-0.1, -0.05) is 12.1 Å². The molecule has 3 atom stereocenters. The Morgan fingerprint density at radius 2 is 2.03 bits per heavy atom. The molecule has 2 aliphatic heterocycles. The van der Waals surface area contributed by atoms with Crippen molar-refractivity contribution in [3.8, 4) is 5.75 Å². The summed E-state index contributed by atoms with van der Waals surface area (Å²) in [5, 5.41) is 23.8. The first-order chi connectivity index (χ1) is 15.4. The molecule has 10 nitrogen and oxygen atoms in total. The SMILES string of the molecule is CC(C)(C)OC(=O)NC(C(=O)N[C@@H]1C(=O)N2C(C(=O)O)=C(CCl)CS[C@@H]12)c1cccc(O)c1. The Balaban J connectivity index is 1.80. The quantitative estimate of drug-likeness (QED) is 0.344. The number of alkyl carbamates (subject to hydrolysis) is 1. The van der Waals surface area contributed by atoms with Crippen LogP contribution >= 0.6 is 23.4 Å². The number of β-lactam (4-membered cyclic amide) rings is 1. The largest absolute Gasteiger partial charge is 0.508 e. The number of alkyl halides is 1. The van der Waals surface area contributed by atoms with Crippen molar-refractivity contribution >= 4 is 47.2 Å². The number of ether oxygens (including phenoxy) is 1. The highest BCUT2D eigenvalue weighted by molar-refractivity contribution is 8.00. The third kappa shape index (κ3) is 5.36. The number of nitrogens with one attached hydrogen (secondary N) is 2. The molecule has 0 saturated carbocycles. The van der Waals surface area contributed by atoms with E-state index in [1.807, 2.05) is 0 Å². The Morgan fingerprint density at radius 3 is 2.61 bits per heavy atom. The number of phenols is 1. The van der Waals surface area contributed by atoms with Crippen LogP contribution < -0.4 is 10.6 Å². The fraction of sp³-hybridized carbons (Fsp3) is 0.429. The number of hydrogen-bond acceptors (Lipinski definition) is 7. The number of carbonyl (C=O) groups excluding carboxylic acids is 3. The highest BCUT2D eigenvalue weighted by Gasteiger charge is 2.54. The van der Waals surface area contributed by atoms with Gasteiger partial charge in [-0.3, -0.25) is 14.5 Å². The minimum atomic E-state index is -1.27. The van der Waals surface area contributed by atoms with E-state index in [9.17, 15) is 29.4 Å². The van der Waals surface area contributed by atoms with Crippen molar-refractivity contribution in [3.63, 3.8) is 0 Å². The van der Waals surface area contributed by atoms with E-state index in [0.29, 0.717) is 11.3 Å². The first kappa shape index (κ1) is 24.7. The van der Waals surface area contributed by atoms with Crippen LogP contribution in [0, 0.1) is 0 Å². The lowest BCUT2D eigenvalue weighted by Crippen LogP contribution is -2.71. The van der Waals surface area contributed by atoms with E-state index in [0.717, 1.165) is 4.90 Å². The van der Waals surface area contributed by atoms with Crippen molar-refractivity contribution < 1.29 is 34.1 Å². The maximum atomic E-state index is 13.1. The number of carboxylic acids is 1. The molecule has 0 radical (unpaired) electrons. The molecule has 12 heteroatoms. The van der Waals surface area contributed by atoms with E-state index in [2.05, 4.69) is 10.6 Å². The number of fused-ring (bicyclic) bond motifs is 1. The number of nitrogens with zero attached hydrogens (tertiary/aromatic N) is 1. The first-order valence-corrected chi connectivity index (χ1v) is 11.6. The van der Waals surface area contributed by atoms with Gasteiger partial charge in [-0.15, -0.1) is 23.4 Å². The second-order valence-corrected chi connectivity index (χ2v) is 9.83. The highest BCUT2D eigenvalue weighted by Crippen LogP contribution is 2.40. The molecule has 3 amide bonds. The van der Waals surface area contributed by atoms with Crippen LogP contribution in [0.3, 0.4) is 0 Å². The monoisotopic (exact) mass is 497 g/mol. The maximum Gasteiger partial charge on any atom is 0.408 e. The van der Waals surface area contributed by atoms with Crippen LogP contribution in [0.4, 0.5) is 4.79 Å². The van der Waals surface area contributed by atoms with Crippen LogP contribution in [0.25, 0.3) is 0 Å². The molecule has 1 aromatic carbocycles. The topological polar surface area (TPSA) is 145 Å². The molecule has 4 N–H and O–H groups in total. The Bertz CT molecular complexity index is 1020. The fourth-order valence-electron chi connectivity index (χ4n) is 3.45. The van der Waals surface area contributed by atoms with Crippen molar-refractivity contribution in [3.05, 3.63) is 41.1 Å². The summed E-state index contributed by atoms with van der Waals surface area (Å²) < 4.78 is 5.23. The molecule has 0 aliphatic carbocycles. The smallest absolute Gasteiger partial charge is 0.408 e. The highest BCUT2D eigenvalue weighted by atomic mass is 35.5. The summed E-state index contributed by atoms with van der Waals surface area (Å²) in [4.78, 5) is 51.0. The van der Waals surface area contributed by atoms with Crippen LogP contribution in [0.1, 0.15) is 32.4 Å². The van der Waals surface area contributed by atoms with Gasteiger partial charge in [0.1, 0.15) is 34.5 Å².